The van der Waals surface area contributed by atoms with Crippen molar-refractivity contribution in [2.75, 3.05) is 25.4 Å². The number of hydrogen-bond donors (Lipinski definition) is 2. The molecular weight excluding hydrogens is 310 g/mol. The number of anilines is 1. The number of benzene rings is 2. The van der Waals surface area contributed by atoms with Crippen molar-refractivity contribution in [2.24, 2.45) is 5.92 Å². The van der Waals surface area contributed by atoms with Crippen LogP contribution in [0.4, 0.5) is 5.69 Å². The number of hydrogen-bond acceptors (Lipinski definition) is 4. The maximum atomic E-state index is 6.10. The molecule has 1 aliphatic heterocycles. The Hall–Kier alpha value is -2.59. The summed E-state index contributed by atoms with van der Waals surface area (Å²) in [5, 5.41) is 5.66. The van der Waals surface area contributed by atoms with Crippen LogP contribution < -0.4 is 15.8 Å². The molecule has 0 radical (unpaired) electrons. The third kappa shape index (κ3) is 3.59. The summed E-state index contributed by atoms with van der Waals surface area (Å²) in [6.45, 7) is 2.98. The van der Waals surface area contributed by atoms with Crippen molar-refractivity contribution in [2.45, 2.75) is 12.8 Å². The highest BCUT2D eigenvalue weighted by molar-refractivity contribution is 5.96. The van der Waals surface area contributed by atoms with Crippen LogP contribution in [0.3, 0.4) is 0 Å². The number of nitrogen functional groups attached to an aromatic ring is 1. The summed E-state index contributed by atoms with van der Waals surface area (Å²) in [6, 6.07) is 14.2. The zero-order valence-electron chi connectivity index (χ0n) is 14.2. The van der Waals surface area contributed by atoms with E-state index in [1.165, 1.54) is 12.8 Å². The van der Waals surface area contributed by atoms with Gasteiger partial charge in [0.25, 0.3) is 0 Å². The number of fused-ring (bicyclic) bond motifs is 1. The SMILES string of the molecule is Nc1ccc(-c2cncc3ccc(OCC4CCNCC4)cc23)cc1. The molecular formula is C21H23N3O. The van der Waals surface area contributed by atoms with Crippen LogP contribution in [0.1, 0.15) is 12.8 Å². The summed E-state index contributed by atoms with van der Waals surface area (Å²) in [6.07, 6.45) is 6.18. The summed E-state index contributed by atoms with van der Waals surface area (Å²) in [5.41, 5.74) is 8.79. The second kappa shape index (κ2) is 7.11. The average Bonchev–Trinajstić information content (AvgIpc) is 2.67. The van der Waals surface area contributed by atoms with Crippen LogP contribution in [0.15, 0.2) is 54.9 Å². The average molecular weight is 333 g/mol. The minimum atomic E-state index is 0.644. The molecule has 128 valence electrons. The van der Waals surface area contributed by atoms with Crippen molar-refractivity contribution in [1.29, 1.82) is 0 Å². The molecule has 0 bridgehead atoms. The van der Waals surface area contributed by atoms with E-state index in [9.17, 15) is 0 Å². The molecule has 25 heavy (non-hydrogen) atoms. The van der Waals surface area contributed by atoms with Gasteiger partial charge >= 0.3 is 0 Å². The standard InChI is InChI=1S/C21H23N3O/c22-18-4-1-16(2-5-18)21-13-24-12-17-3-6-19(11-20(17)21)25-14-15-7-9-23-10-8-15/h1-6,11-13,15,23H,7-10,14,22H2. The number of nitrogens with zero attached hydrogens (tertiary/aromatic N) is 1. The molecule has 3 aromatic rings. The van der Waals surface area contributed by atoms with Gasteiger partial charge in [-0.05, 0) is 73.1 Å². The normalized spacial score (nSPS) is 15.4. The lowest BCUT2D eigenvalue weighted by atomic mass is 9.99. The Morgan fingerprint density at radius 3 is 2.64 bits per heavy atom. The van der Waals surface area contributed by atoms with Crippen molar-refractivity contribution in [3.63, 3.8) is 0 Å². The van der Waals surface area contributed by atoms with Gasteiger partial charge in [-0.3, -0.25) is 4.98 Å². The van der Waals surface area contributed by atoms with E-state index in [-0.39, 0.29) is 0 Å². The molecule has 0 atom stereocenters. The predicted octanol–water partition coefficient (Wildman–Crippen LogP) is 3.86. The van der Waals surface area contributed by atoms with Crippen LogP contribution in [0.25, 0.3) is 21.9 Å². The number of aromatic nitrogens is 1. The number of pyridine rings is 1. The summed E-state index contributed by atoms with van der Waals surface area (Å²) < 4.78 is 6.10. The maximum Gasteiger partial charge on any atom is 0.119 e. The molecule has 4 nitrogen and oxygen atoms in total. The van der Waals surface area contributed by atoms with Crippen LogP contribution in [0, 0.1) is 5.92 Å². The topological polar surface area (TPSA) is 60.2 Å². The molecule has 4 heteroatoms. The highest BCUT2D eigenvalue weighted by Gasteiger charge is 2.14. The Bertz CT molecular complexity index is 855. The Labute approximate surface area is 148 Å². The quantitative estimate of drug-likeness (QED) is 0.712. The summed E-state index contributed by atoms with van der Waals surface area (Å²) in [4.78, 5) is 4.38. The van der Waals surface area contributed by atoms with E-state index in [2.05, 4.69) is 22.4 Å². The minimum Gasteiger partial charge on any atom is -0.493 e. The van der Waals surface area contributed by atoms with E-state index in [0.717, 1.165) is 53.0 Å². The van der Waals surface area contributed by atoms with Crippen molar-refractivity contribution in [3.8, 4) is 16.9 Å². The van der Waals surface area contributed by atoms with Gasteiger partial charge in [0.15, 0.2) is 0 Å². The van der Waals surface area contributed by atoms with Gasteiger partial charge in [0.2, 0.25) is 0 Å². The number of ether oxygens (including phenoxy) is 1. The molecule has 0 saturated carbocycles. The van der Waals surface area contributed by atoms with Gasteiger partial charge in [-0.15, -0.1) is 0 Å². The van der Waals surface area contributed by atoms with Crippen molar-refractivity contribution in [3.05, 3.63) is 54.9 Å². The van der Waals surface area contributed by atoms with Crippen LogP contribution in [0.2, 0.25) is 0 Å². The second-order valence-corrected chi connectivity index (χ2v) is 6.70. The van der Waals surface area contributed by atoms with E-state index in [0.29, 0.717) is 5.92 Å². The highest BCUT2D eigenvalue weighted by atomic mass is 16.5. The fourth-order valence-corrected chi connectivity index (χ4v) is 3.39. The van der Waals surface area contributed by atoms with Crippen molar-refractivity contribution in [1.82, 2.24) is 10.3 Å². The van der Waals surface area contributed by atoms with Crippen LogP contribution in [0.5, 0.6) is 5.75 Å². The third-order valence-electron chi connectivity index (χ3n) is 4.90. The zero-order chi connectivity index (χ0) is 17.1. The van der Waals surface area contributed by atoms with Crippen LogP contribution in [-0.4, -0.2) is 24.7 Å². The van der Waals surface area contributed by atoms with E-state index >= 15 is 0 Å². The molecule has 3 N–H and O–H groups in total. The van der Waals surface area contributed by atoms with Gasteiger partial charge in [-0.2, -0.15) is 0 Å². The van der Waals surface area contributed by atoms with E-state index in [1.807, 2.05) is 42.7 Å². The van der Waals surface area contributed by atoms with Crippen LogP contribution >= 0.6 is 0 Å². The van der Waals surface area contributed by atoms with Gasteiger partial charge in [0.1, 0.15) is 5.75 Å². The molecule has 0 unspecified atom stereocenters. The highest BCUT2D eigenvalue weighted by Crippen LogP contribution is 2.31. The number of piperidine rings is 1. The van der Waals surface area contributed by atoms with Gasteiger partial charge in [0, 0.05) is 29.0 Å². The largest absolute Gasteiger partial charge is 0.493 e. The molecule has 4 rings (SSSR count). The van der Waals surface area contributed by atoms with E-state index < -0.39 is 0 Å². The molecule has 2 aromatic carbocycles. The van der Waals surface area contributed by atoms with Crippen molar-refractivity contribution >= 4 is 16.5 Å². The van der Waals surface area contributed by atoms with Crippen molar-refractivity contribution < 1.29 is 4.74 Å². The summed E-state index contributed by atoms with van der Waals surface area (Å²) in [7, 11) is 0. The van der Waals surface area contributed by atoms with Gasteiger partial charge < -0.3 is 15.8 Å². The molecule has 2 heterocycles. The lowest BCUT2D eigenvalue weighted by molar-refractivity contribution is 0.215. The fraction of sp³-hybridized carbons (Fsp3) is 0.286. The van der Waals surface area contributed by atoms with Gasteiger partial charge in [0.05, 0.1) is 6.61 Å². The Morgan fingerprint density at radius 2 is 1.84 bits per heavy atom. The number of rotatable bonds is 4. The monoisotopic (exact) mass is 333 g/mol. The van der Waals surface area contributed by atoms with Gasteiger partial charge in [-0.1, -0.05) is 12.1 Å². The molecule has 1 fully saturated rings. The fourth-order valence-electron chi connectivity index (χ4n) is 3.39. The number of nitrogens with two attached hydrogens (primary N) is 1. The molecule has 0 amide bonds. The van der Waals surface area contributed by atoms with Crippen LogP contribution in [-0.2, 0) is 0 Å². The second-order valence-electron chi connectivity index (χ2n) is 6.70. The summed E-state index contributed by atoms with van der Waals surface area (Å²) in [5.74, 6) is 1.57. The first-order valence-corrected chi connectivity index (χ1v) is 8.87. The third-order valence-corrected chi connectivity index (χ3v) is 4.90. The first kappa shape index (κ1) is 15.9. The summed E-state index contributed by atoms with van der Waals surface area (Å²) >= 11 is 0. The number of nitrogens with one attached hydrogen (secondary N) is 1. The molecule has 0 aliphatic carbocycles. The Balaban J connectivity index is 1.62. The Morgan fingerprint density at radius 1 is 1.04 bits per heavy atom. The first-order chi connectivity index (χ1) is 12.3. The Kier molecular flexibility index (Phi) is 4.53. The van der Waals surface area contributed by atoms with Gasteiger partial charge in [-0.25, -0.2) is 0 Å². The molecule has 1 aromatic heterocycles. The molecule has 0 spiro atoms. The first-order valence-electron chi connectivity index (χ1n) is 8.87. The molecule has 1 aliphatic rings. The lowest BCUT2D eigenvalue weighted by Gasteiger charge is -2.22. The van der Waals surface area contributed by atoms with E-state index in [4.69, 9.17) is 10.5 Å². The smallest absolute Gasteiger partial charge is 0.119 e. The minimum absolute atomic E-state index is 0.644. The predicted molar refractivity (Wildman–Crippen MR) is 103 cm³/mol. The zero-order valence-corrected chi connectivity index (χ0v) is 14.2. The lowest BCUT2D eigenvalue weighted by Crippen LogP contribution is -2.30. The maximum absolute atomic E-state index is 6.10. The molecule has 1 saturated heterocycles. The van der Waals surface area contributed by atoms with E-state index in [1.54, 1.807) is 0 Å².